The normalized spacial score (nSPS) is 25.0. The van der Waals surface area contributed by atoms with Crippen molar-refractivity contribution in [3.63, 3.8) is 0 Å². The zero-order valence-electron chi connectivity index (χ0n) is 13.3. The van der Waals surface area contributed by atoms with Gasteiger partial charge >= 0.3 is 0 Å². The maximum absolute atomic E-state index is 13.4. The predicted molar refractivity (Wildman–Crippen MR) is 83.9 cm³/mol. The third-order valence-electron chi connectivity index (χ3n) is 3.93. The lowest BCUT2D eigenvalue weighted by Gasteiger charge is -2.36. The molecule has 1 aromatic carbocycles. The molecule has 0 aromatic heterocycles. The highest BCUT2D eigenvalue weighted by atomic mass is 19.1. The van der Waals surface area contributed by atoms with E-state index in [4.69, 9.17) is 4.74 Å². The van der Waals surface area contributed by atoms with Crippen LogP contribution >= 0.6 is 0 Å². The Morgan fingerprint density at radius 2 is 2.05 bits per heavy atom. The van der Waals surface area contributed by atoms with Crippen molar-refractivity contribution in [3.05, 3.63) is 35.6 Å². The molecular weight excluding hydrogens is 267 g/mol. The minimum Gasteiger partial charge on any atom is -0.373 e. The molecular formula is C17H27FN2O. The van der Waals surface area contributed by atoms with Crippen molar-refractivity contribution in [1.29, 1.82) is 0 Å². The molecule has 1 unspecified atom stereocenters. The van der Waals surface area contributed by atoms with Gasteiger partial charge in [-0.25, -0.2) is 4.39 Å². The molecule has 3 atom stereocenters. The van der Waals surface area contributed by atoms with Crippen molar-refractivity contribution in [2.24, 2.45) is 0 Å². The van der Waals surface area contributed by atoms with E-state index in [1.165, 1.54) is 6.07 Å². The van der Waals surface area contributed by atoms with E-state index in [0.29, 0.717) is 12.2 Å². The number of benzene rings is 1. The van der Waals surface area contributed by atoms with Crippen molar-refractivity contribution in [2.45, 2.75) is 45.4 Å². The van der Waals surface area contributed by atoms with Crippen LogP contribution in [-0.2, 0) is 4.74 Å². The molecule has 0 aliphatic carbocycles. The molecule has 1 aliphatic heterocycles. The summed E-state index contributed by atoms with van der Waals surface area (Å²) in [7, 11) is 0. The second kappa shape index (κ2) is 7.87. The number of halogens is 1. The van der Waals surface area contributed by atoms with Crippen LogP contribution in [0.2, 0.25) is 0 Å². The van der Waals surface area contributed by atoms with Crippen LogP contribution in [0.5, 0.6) is 0 Å². The summed E-state index contributed by atoms with van der Waals surface area (Å²) in [4.78, 5) is 2.45. The molecule has 0 bridgehead atoms. The Bertz CT molecular complexity index is 431. The van der Waals surface area contributed by atoms with Gasteiger partial charge in [-0.15, -0.1) is 0 Å². The molecule has 2 rings (SSSR count). The summed E-state index contributed by atoms with van der Waals surface area (Å²) < 4.78 is 19.2. The zero-order chi connectivity index (χ0) is 15.2. The van der Waals surface area contributed by atoms with Gasteiger partial charge < -0.3 is 10.1 Å². The maximum Gasteiger partial charge on any atom is 0.123 e. The van der Waals surface area contributed by atoms with E-state index < -0.39 is 0 Å². The van der Waals surface area contributed by atoms with Gasteiger partial charge in [0.15, 0.2) is 0 Å². The standard InChI is InChI=1S/C17H27FN2O/c1-4-19-17(15-6-5-7-16(18)10-15)8-9-20-11-13(2)21-14(3)12-20/h5-7,10,13-14,17,19H,4,8-9,11-12H2,1-3H3/t13-,14+,17?. The van der Waals surface area contributed by atoms with E-state index in [9.17, 15) is 4.39 Å². The summed E-state index contributed by atoms with van der Waals surface area (Å²) in [6.07, 6.45) is 1.57. The molecule has 1 heterocycles. The van der Waals surface area contributed by atoms with Crippen molar-refractivity contribution in [1.82, 2.24) is 10.2 Å². The Morgan fingerprint density at radius 3 is 2.67 bits per heavy atom. The summed E-state index contributed by atoms with van der Waals surface area (Å²) in [6.45, 7) is 10.2. The van der Waals surface area contributed by atoms with Crippen molar-refractivity contribution in [3.8, 4) is 0 Å². The highest BCUT2D eigenvalue weighted by Gasteiger charge is 2.22. The number of morpholine rings is 1. The minimum atomic E-state index is -0.163. The first-order valence-corrected chi connectivity index (χ1v) is 7.95. The van der Waals surface area contributed by atoms with Gasteiger partial charge in [-0.3, -0.25) is 4.90 Å². The topological polar surface area (TPSA) is 24.5 Å². The van der Waals surface area contributed by atoms with Crippen molar-refractivity contribution < 1.29 is 9.13 Å². The molecule has 0 amide bonds. The Labute approximate surface area is 127 Å². The fourth-order valence-electron chi connectivity index (χ4n) is 3.13. The van der Waals surface area contributed by atoms with E-state index in [2.05, 4.69) is 31.0 Å². The molecule has 1 aliphatic rings. The Morgan fingerprint density at radius 1 is 1.33 bits per heavy atom. The summed E-state index contributed by atoms with van der Waals surface area (Å²) >= 11 is 0. The van der Waals surface area contributed by atoms with Crippen LogP contribution in [0.25, 0.3) is 0 Å². The first-order chi connectivity index (χ1) is 10.1. The fourth-order valence-corrected chi connectivity index (χ4v) is 3.13. The molecule has 4 heteroatoms. The lowest BCUT2D eigenvalue weighted by Crippen LogP contribution is -2.46. The summed E-state index contributed by atoms with van der Waals surface area (Å²) in [5.41, 5.74) is 1.03. The van der Waals surface area contributed by atoms with Crippen LogP contribution in [0.4, 0.5) is 4.39 Å². The van der Waals surface area contributed by atoms with Gasteiger partial charge in [0.2, 0.25) is 0 Å². The third-order valence-corrected chi connectivity index (χ3v) is 3.93. The summed E-state index contributed by atoms with van der Waals surface area (Å²) in [6, 6.07) is 7.13. The van der Waals surface area contributed by atoms with Crippen LogP contribution in [0, 0.1) is 5.82 Å². The lowest BCUT2D eigenvalue weighted by atomic mass is 10.0. The van der Waals surface area contributed by atoms with Crippen LogP contribution in [0.3, 0.4) is 0 Å². The summed E-state index contributed by atoms with van der Waals surface area (Å²) in [5, 5.41) is 3.46. The lowest BCUT2D eigenvalue weighted by molar-refractivity contribution is -0.0685. The molecule has 0 spiro atoms. The smallest absolute Gasteiger partial charge is 0.123 e. The van der Waals surface area contributed by atoms with Gasteiger partial charge in [0, 0.05) is 25.7 Å². The number of ether oxygens (including phenoxy) is 1. The third kappa shape index (κ3) is 5.06. The molecule has 1 aromatic rings. The van der Waals surface area contributed by atoms with Crippen LogP contribution in [0.1, 0.15) is 38.8 Å². The van der Waals surface area contributed by atoms with Gasteiger partial charge in [0.05, 0.1) is 12.2 Å². The van der Waals surface area contributed by atoms with Crippen LogP contribution in [-0.4, -0.2) is 43.3 Å². The van der Waals surface area contributed by atoms with Crippen LogP contribution < -0.4 is 5.32 Å². The largest absolute Gasteiger partial charge is 0.373 e. The number of nitrogens with zero attached hydrogens (tertiary/aromatic N) is 1. The Kier molecular flexibility index (Phi) is 6.15. The van der Waals surface area contributed by atoms with Crippen molar-refractivity contribution >= 4 is 0 Å². The number of rotatable bonds is 6. The fraction of sp³-hybridized carbons (Fsp3) is 0.647. The SMILES string of the molecule is CCNC(CCN1C[C@@H](C)O[C@@H](C)C1)c1cccc(F)c1. The van der Waals surface area contributed by atoms with E-state index in [1.54, 1.807) is 12.1 Å². The zero-order valence-corrected chi connectivity index (χ0v) is 13.3. The molecule has 118 valence electrons. The first kappa shape index (κ1) is 16.4. The molecule has 21 heavy (non-hydrogen) atoms. The minimum absolute atomic E-state index is 0.163. The molecule has 1 saturated heterocycles. The average Bonchev–Trinajstić information content (AvgIpc) is 2.42. The highest BCUT2D eigenvalue weighted by Crippen LogP contribution is 2.19. The van der Waals surface area contributed by atoms with Crippen LogP contribution in [0.15, 0.2) is 24.3 Å². The monoisotopic (exact) mass is 294 g/mol. The maximum atomic E-state index is 13.4. The highest BCUT2D eigenvalue weighted by molar-refractivity contribution is 5.20. The summed E-state index contributed by atoms with van der Waals surface area (Å²) in [5.74, 6) is -0.163. The number of hydrogen-bond acceptors (Lipinski definition) is 3. The van der Waals surface area contributed by atoms with Gasteiger partial charge in [-0.2, -0.15) is 0 Å². The molecule has 0 radical (unpaired) electrons. The molecule has 1 fully saturated rings. The van der Waals surface area contributed by atoms with E-state index in [-0.39, 0.29) is 11.9 Å². The van der Waals surface area contributed by atoms with Gasteiger partial charge in [-0.1, -0.05) is 19.1 Å². The predicted octanol–water partition coefficient (Wildman–Crippen LogP) is 2.98. The van der Waals surface area contributed by atoms with E-state index in [1.807, 2.05) is 6.07 Å². The van der Waals surface area contributed by atoms with E-state index >= 15 is 0 Å². The quantitative estimate of drug-likeness (QED) is 0.873. The molecule has 0 saturated carbocycles. The molecule has 1 N–H and O–H groups in total. The second-order valence-electron chi connectivity index (χ2n) is 5.97. The molecule has 3 nitrogen and oxygen atoms in total. The second-order valence-corrected chi connectivity index (χ2v) is 5.97. The van der Waals surface area contributed by atoms with Crippen molar-refractivity contribution in [2.75, 3.05) is 26.2 Å². The average molecular weight is 294 g/mol. The van der Waals surface area contributed by atoms with Gasteiger partial charge in [-0.05, 0) is 44.5 Å². The van der Waals surface area contributed by atoms with E-state index in [0.717, 1.165) is 38.2 Å². The number of hydrogen-bond donors (Lipinski definition) is 1. The Hall–Kier alpha value is -0.970. The van der Waals surface area contributed by atoms with Gasteiger partial charge in [0.25, 0.3) is 0 Å². The first-order valence-electron chi connectivity index (χ1n) is 7.95. The number of nitrogens with one attached hydrogen (secondary N) is 1. The Balaban J connectivity index is 1.94. The van der Waals surface area contributed by atoms with Gasteiger partial charge in [0.1, 0.15) is 5.82 Å².